The molecule has 1 aliphatic heterocycles. The van der Waals surface area contributed by atoms with Crippen LogP contribution >= 0.6 is 24.0 Å². The van der Waals surface area contributed by atoms with Gasteiger partial charge in [0.2, 0.25) is 0 Å². The Morgan fingerprint density at radius 3 is 2.53 bits per heavy atom. The second-order valence-electron chi connectivity index (χ2n) is 5.60. The number of thiocarbonyl (C=S) groups is 1. The monoisotopic (exact) mass is 291 g/mol. The fourth-order valence-corrected chi connectivity index (χ4v) is 3.59. The lowest BCUT2D eigenvalue weighted by molar-refractivity contribution is -0.125. The lowest BCUT2D eigenvalue weighted by atomic mass is 10.1. The van der Waals surface area contributed by atoms with Gasteiger partial charge in [0.25, 0.3) is 5.91 Å². The number of thioether (sulfide) groups is 1. The summed E-state index contributed by atoms with van der Waals surface area (Å²) in [7, 11) is 0. The van der Waals surface area contributed by atoms with Crippen molar-refractivity contribution in [3.8, 4) is 0 Å². The summed E-state index contributed by atoms with van der Waals surface area (Å²) in [5.74, 6) is 0.00371. The third-order valence-electron chi connectivity index (χ3n) is 2.80. The zero-order valence-corrected chi connectivity index (χ0v) is 13.2. The van der Waals surface area contributed by atoms with Gasteiger partial charge in [0.05, 0.1) is 4.91 Å². The van der Waals surface area contributed by atoms with E-state index in [9.17, 15) is 4.79 Å². The van der Waals surface area contributed by atoms with Gasteiger partial charge in [-0.1, -0.05) is 53.8 Å². The Hall–Kier alpha value is -1.13. The van der Waals surface area contributed by atoms with E-state index in [1.807, 2.05) is 52.0 Å². The average molecular weight is 291 g/mol. The zero-order valence-electron chi connectivity index (χ0n) is 11.6. The van der Waals surface area contributed by atoms with Crippen molar-refractivity contribution in [2.75, 3.05) is 0 Å². The fourth-order valence-electron chi connectivity index (χ4n) is 1.96. The van der Waals surface area contributed by atoms with Gasteiger partial charge < -0.3 is 0 Å². The van der Waals surface area contributed by atoms with E-state index < -0.39 is 0 Å². The lowest BCUT2D eigenvalue weighted by Crippen LogP contribution is -2.44. The average Bonchev–Trinajstić information content (AvgIpc) is 2.53. The molecule has 1 aliphatic rings. The van der Waals surface area contributed by atoms with E-state index in [0.717, 1.165) is 5.56 Å². The zero-order chi connectivity index (χ0) is 14.2. The number of aryl methyl sites for hydroxylation is 1. The first-order valence-electron chi connectivity index (χ1n) is 6.14. The summed E-state index contributed by atoms with van der Waals surface area (Å²) in [6.45, 7) is 8.02. The molecule has 0 spiro atoms. The van der Waals surface area contributed by atoms with Crippen LogP contribution < -0.4 is 0 Å². The first kappa shape index (κ1) is 14.3. The van der Waals surface area contributed by atoms with Crippen molar-refractivity contribution in [3.63, 3.8) is 0 Å². The SMILES string of the molecule is Cc1cccc(C=C2SC(=S)N(C(C)(C)C)C2=O)c1. The quantitative estimate of drug-likeness (QED) is 0.576. The van der Waals surface area contributed by atoms with E-state index in [2.05, 4.69) is 6.07 Å². The molecule has 1 aromatic rings. The van der Waals surface area contributed by atoms with E-state index >= 15 is 0 Å². The van der Waals surface area contributed by atoms with Crippen LogP contribution in [-0.4, -0.2) is 20.7 Å². The van der Waals surface area contributed by atoms with Gasteiger partial charge in [-0.3, -0.25) is 9.69 Å². The minimum absolute atomic E-state index is 0.00371. The third kappa shape index (κ3) is 3.07. The van der Waals surface area contributed by atoms with Crippen molar-refractivity contribution in [3.05, 3.63) is 40.3 Å². The maximum atomic E-state index is 12.4. The third-order valence-corrected chi connectivity index (χ3v) is 4.11. The molecular formula is C15H17NOS2. The van der Waals surface area contributed by atoms with E-state index in [0.29, 0.717) is 9.23 Å². The molecule has 1 heterocycles. The molecule has 1 fully saturated rings. The number of carbonyl (C=O) groups is 1. The maximum absolute atomic E-state index is 12.4. The number of carbonyl (C=O) groups excluding carboxylic acids is 1. The molecule has 2 rings (SSSR count). The Kier molecular flexibility index (Phi) is 3.83. The molecule has 1 amide bonds. The Bertz CT molecular complexity index is 570. The Balaban J connectivity index is 2.34. The molecule has 1 aromatic carbocycles. The van der Waals surface area contributed by atoms with Crippen LogP contribution in [0.15, 0.2) is 29.2 Å². The molecule has 0 radical (unpaired) electrons. The number of nitrogens with zero attached hydrogens (tertiary/aromatic N) is 1. The summed E-state index contributed by atoms with van der Waals surface area (Å²) < 4.78 is 0.636. The number of rotatable bonds is 1. The summed E-state index contributed by atoms with van der Waals surface area (Å²) in [6.07, 6.45) is 1.91. The first-order chi connectivity index (χ1) is 8.79. The highest BCUT2D eigenvalue weighted by atomic mass is 32.2. The van der Waals surface area contributed by atoms with Crippen molar-refractivity contribution in [2.24, 2.45) is 0 Å². The van der Waals surface area contributed by atoms with Crippen LogP contribution in [0.2, 0.25) is 0 Å². The molecule has 0 atom stereocenters. The first-order valence-corrected chi connectivity index (χ1v) is 7.36. The summed E-state index contributed by atoms with van der Waals surface area (Å²) >= 11 is 6.69. The molecule has 0 aliphatic carbocycles. The van der Waals surface area contributed by atoms with E-state index in [-0.39, 0.29) is 11.4 Å². The van der Waals surface area contributed by atoms with Crippen molar-refractivity contribution >= 4 is 40.3 Å². The van der Waals surface area contributed by atoms with Gasteiger partial charge in [0.1, 0.15) is 4.32 Å². The highest BCUT2D eigenvalue weighted by Crippen LogP contribution is 2.36. The minimum Gasteiger partial charge on any atom is -0.288 e. The Morgan fingerprint density at radius 2 is 2.00 bits per heavy atom. The summed E-state index contributed by atoms with van der Waals surface area (Å²) in [6, 6.07) is 8.09. The van der Waals surface area contributed by atoms with Crippen molar-refractivity contribution in [2.45, 2.75) is 33.2 Å². The number of hydrogen-bond donors (Lipinski definition) is 0. The molecule has 19 heavy (non-hydrogen) atoms. The predicted molar refractivity (Wildman–Crippen MR) is 85.9 cm³/mol. The highest BCUT2D eigenvalue weighted by molar-refractivity contribution is 8.26. The van der Waals surface area contributed by atoms with Gasteiger partial charge in [0.15, 0.2) is 0 Å². The molecule has 100 valence electrons. The van der Waals surface area contributed by atoms with Crippen LogP contribution in [0.3, 0.4) is 0 Å². The number of benzene rings is 1. The largest absolute Gasteiger partial charge is 0.288 e. The van der Waals surface area contributed by atoms with Gasteiger partial charge in [-0.2, -0.15) is 0 Å². The summed E-state index contributed by atoms with van der Waals surface area (Å²) in [4.78, 5) is 14.8. The van der Waals surface area contributed by atoms with Crippen molar-refractivity contribution < 1.29 is 4.79 Å². The second-order valence-corrected chi connectivity index (χ2v) is 7.28. The molecule has 1 saturated heterocycles. The van der Waals surface area contributed by atoms with Gasteiger partial charge in [0, 0.05) is 5.54 Å². The van der Waals surface area contributed by atoms with Crippen LogP contribution in [0.1, 0.15) is 31.9 Å². The van der Waals surface area contributed by atoms with Gasteiger partial charge >= 0.3 is 0 Å². The molecular weight excluding hydrogens is 274 g/mol. The normalized spacial score (nSPS) is 18.5. The van der Waals surface area contributed by atoms with Gasteiger partial charge in [-0.15, -0.1) is 0 Å². The lowest BCUT2D eigenvalue weighted by Gasteiger charge is -2.30. The molecule has 4 heteroatoms. The molecule has 0 saturated carbocycles. The van der Waals surface area contributed by atoms with Crippen LogP contribution in [0.25, 0.3) is 6.08 Å². The summed E-state index contributed by atoms with van der Waals surface area (Å²) in [5.41, 5.74) is 1.94. The van der Waals surface area contributed by atoms with Crippen LogP contribution in [0.5, 0.6) is 0 Å². The van der Waals surface area contributed by atoms with Crippen LogP contribution in [-0.2, 0) is 4.79 Å². The van der Waals surface area contributed by atoms with E-state index in [1.54, 1.807) is 4.90 Å². The maximum Gasteiger partial charge on any atom is 0.266 e. The van der Waals surface area contributed by atoms with E-state index in [4.69, 9.17) is 12.2 Å². The van der Waals surface area contributed by atoms with Crippen LogP contribution in [0.4, 0.5) is 0 Å². The number of hydrogen-bond acceptors (Lipinski definition) is 3. The minimum atomic E-state index is -0.274. The topological polar surface area (TPSA) is 20.3 Å². The molecule has 0 N–H and O–H groups in total. The Labute approximate surface area is 123 Å². The predicted octanol–water partition coefficient (Wildman–Crippen LogP) is 3.99. The molecule has 0 aromatic heterocycles. The highest BCUT2D eigenvalue weighted by Gasteiger charge is 2.38. The van der Waals surface area contributed by atoms with Crippen LogP contribution in [0, 0.1) is 6.92 Å². The fraction of sp³-hybridized carbons (Fsp3) is 0.333. The van der Waals surface area contributed by atoms with Gasteiger partial charge in [-0.05, 0) is 39.3 Å². The second kappa shape index (κ2) is 5.10. The van der Waals surface area contributed by atoms with Crippen molar-refractivity contribution in [1.82, 2.24) is 4.90 Å². The molecule has 2 nitrogen and oxygen atoms in total. The van der Waals surface area contributed by atoms with Gasteiger partial charge in [-0.25, -0.2) is 0 Å². The van der Waals surface area contributed by atoms with Crippen molar-refractivity contribution in [1.29, 1.82) is 0 Å². The summed E-state index contributed by atoms with van der Waals surface area (Å²) in [5, 5.41) is 0. The molecule has 0 bridgehead atoms. The van der Waals surface area contributed by atoms with E-state index in [1.165, 1.54) is 17.3 Å². The number of amides is 1. The molecule has 0 unspecified atom stereocenters. The Morgan fingerprint density at radius 1 is 1.32 bits per heavy atom. The standard InChI is InChI=1S/C15H17NOS2/c1-10-6-5-7-11(8-10)9-12-13(17)16(14(18)19-12)15(2,3)4/h5-9H,1-4H3. The smallest absolute Gasteiger partial charge is 0.266 e.